The monoisotopic (exact) mass is 330 g/mol. The summed E-state index contributed by atoms with van der Waals surface area (Å²) >= 11 is 0. The van der Waals surface area contributed by atoms with E-state index in [0.29, 0.717) is 0 Å². The Morgan fingerprint density at radius 2 is 1.52 bits per heavy atom. The van der Waals surface area contributed by atoms with Crippen LogP contribution in [0.15, 0.2) is 30.3 Å². The van der Waals surface area contributed by atoms with Crippen LogP contribution in [0.25, 0.3) is 0 Å². The first-order valence-corrected chi connectivity index (χ1v) is 9.95. The molecule has 0 amide bonds. The molecule has 0 radical (unpaired) electrons. The minimum absolute atomic E-state index is 0.141. The van der Waals surface area contributed by atoms with Crippen molar-refractivity contribution in [1.29, 1.82) is 0 Å². The van der Waals surface area contributed by atoms with Crippen LogP contribution >= 0.6 is 0 Å². The summed E-state index contributed by atoms with van der Waals surface area (Å²) in [7, 11) is 0. The Morgan fingerprint density at radius 1 is 0.880 bits per heavy atom. The van der Waals surface area contributed by atoms with E-state index in [1.165, 1.54) is 19.3 Å². The van der Waals surface area contributed by atoms with E-state index in [2.05, 4.69) is 58.0 Å². The van der Waals surface area contributed by atoms with E-state index in [0.717, 1.165) is 23.5 Å². The topological polar surface area (TPSA) is 9.23 Å². The van der Waals surface area contributed by atoms with E-state index in [1.54, 1.807) is 33.4 Å². The first-order chi connectivity index (χ1) is 12.0. The lowest BCUT2D eigenvalue weighted by Gasteiger charge is -2.58. The molecule has 1 spiro atoms. The predicted octanol–water partition coefficient (Wildman–Crippen LogP) is 5.59. The molecule has 1 fully saturated rings. The minimum atomic E-state index is -0.141. The lowest BCUT2D eigenvalue weighted by molar-refractivity contribution is 0.00211. The summed E-state index contributed by atoms with van der Waals surface area (Å²) in [6.45, 7) is 9.63. The van der Waals surface area contributed by atoms with Gasteiger partial charge in [-0.1, -0.05) is 39.0 Å². The Morgan fingerprint density at radius 3 is 2.12 bits per heavy atom. The fourth-order valence-corrected chi connectivity index (χ4v) is 6.72. The zero-order chi connectivity index (χ0) is 17.1. The van der Waals surface area contributed by atoms with Crippen molar-refractivity contribution in [3.8, 4) is 5.75 Å². The number of hydrogen-bond donors (Lipinski definition) is 0. The van der Waals surface area contributed by atoms with Crippen LogP contribution < -0.4 is 4.74 Å². The van der Waals surface area contributed by atoms with Gasteiger partial charge in [-0.15, -0.1) is 0 Å². The van der Waals surface area contributed by atoms with Gasteiger partial charge in [0.15, 0.2) is 0 Å². The van der Waals surface area contributed by atoms with Crippen molar-refractivity contribution < 1.29 is 4.74 Å². The summed E-state index contributed by atoms with van der Waals surface area (Å²) in [6.07, 6.45) is 3.84. The van der Waals surface area contributed by atoms with Crippen LogP contribution in [-0.4, -0.2) is 0 Å². The molecular weight excluding hydrogens is 304 g/mol. The lowest BCUT2D eigenvalue weighted by atomic mass is 9.49. The Kier molecular flexibility index (Phi) is 2.39. The summed E-state index contributed by atoms with van der Waals surface area (Å²) in [6, 6.07) is 10.5. The highest BCUT2D eigenvalue weighted by Gasteiger charge is 2.76. The lowest BCUT2D eigenvalue weighted by Crippen LogP contribution is -2.57. The van der Waals surface area contributed by atoms with Gasteiger partial charge >= 0.3 is 0 Å². The van der Waals surface area contributed by atoms with Gasteiger partial charge in [0, 0.05) is 11.0 Å². The third kappa shape index (κ3) is 1.38. The molecular formula is C24H26O. The molecule has 6 rings (SSSR count). The molecule has 4 aliphatic rings. The van der Waals surface area contributed by atoms with Gasteiger partial charge in [-0.3, -0.25) is 0 Å². The molecule has 128 valence electrons. The second kappa shape index (κ2) is 4.14. The molecule has 5 atom stereocenters. The number of para-hydroxylation sites is 1. The van der Waals surface area contributed by atoms with Gasteiger partial charge in [0.2, 0.25) is 0 Å². The van der Waals surface area contributed by atoms with Crippen LogP contribution in [0.3, 0.4) is 0 Å². The van der Waals surface area contributed by atoms with Gasteiger partial charge < -0.3 is 4.74 Å². The zero-order valence-electron chi connectivity index (χ0n) is 15.6. The maximum Gasteiger partial charge on any atom is 0.142 e. The summed E-state index contributed by atoms with van der Waals surface area (Å²) < 4.78 is 6.77. The van der Waals surface area contributed by atoms with Crippen molar-refractivity contribution in [3.05, 3.63) is 63.7 Å². The third-order valence-electron chi connectivity index (χ3n) is 7.95. The minimum Gasteiger partial charge on any atom is -0.482 e. The van der Waals surface area contributed by atoms with Gasteiger partial charge in [0.05, 0.1) is 0 Å². The molecule has 1 heteroatoms. The Balaban J connectivity index is 1.58. The number of rotatable bonds is 2. The molecule has 1 saturated carbocycles. The molecule has 0 bridgehead atoms. The molecule has 0 aromatic heterocycles. The Hall–Kier alpha value is -1.76. The fourth-order valence-electron chi connectivity index (χ4n) is 6.72. The quantitative estimate of drug-likeness (QED) is 0.697. The Labute approximate surface area is 150 Å². The molecule has 2 aromatic rings. The van der Waals surface area contributed by atoms with Crippen LogP contribution in [0.1, 0.15) is 79.3 Å². The molecule has 2 aromatic carbocycles. The van der Waals surface area contributed by atoms with Gasteiger partial charge in [-0.25, -0.2) is 0 Å². The summed E-state index contributed by atoms with van der Waals surface area (Å²) in [5.74, 6) is 3.25. The summed E-state index contributed by atoms with van der Waals surface area (Å²) in [4.78, 5) is 0. The normalized spacial score (nSPS) is 38.6. The molecule has 0 N–H and O–H groups in total. The molecule has 0 heterocycles. The average molecular weight is 330 g/mol. The molecule has 5 unspecified atom stereocenters. The summed E-state index contributed by atoms with van der Waals surface area (Å²) in [5, 5.41) is 0. The van der Waals surface area contributed by atoms with Gasteiger partial charge in [0.25, 0.3) is 0 Å². The van der Waals surface area contributed by atoms with E-state index < -0.39 is 0 Å². The van der Waals surface area contributed by atoms with Gasteiger partial charge in [0.1, 0.15) is 11.4 Å². The van der Waals surface area contributed by atoms with Crippen molar-refractivity contribution in [2.24, 2.45) is 5.92 Å². The van der Waals surface area contributed by atoms with E-state index in [-0.39, 0.29) is 11.0 Å². The average Bonchev–Trinajstić information content (AvgIpc) is 3.28. The third-order valence-corrected chi connectivity index (χ3v) is 7.95. The van der Waals surface area contributed by atoms with Crippen molar-refractivity contribution in [2.45, 2.75) is 69.8 Å². The second-order valence-corrected chi connectivity index (χ2v) is 9.27. The fraction of sp³-hybridized carbons (Fsp3) is 0.500. The van der Waals surface area contributed by atoms with Crippen LogP contribution in [-0.2, 0) is 23.9 Å². The predicted molar refractivity (Wildman–Crippen MR) is 101 cm³/mol. The van der Waals surface area contributed by atoms with Crippen molar-refractivity contribution in [2.75, 3.05) is 0 Å². The van der Waals surface area contributed by atoms with E-state index in [9.17, 15) is 0 Å². The molecule has 0 aliphatic heterocycles. The number of ether oxygens (including phenoxy) is 1. The second-order valence-electron chi connectivity index (χ2n) is 9.27. The highest BCUT2D eigenvalue weighted by molar-refractivity contribution is 5.74. The van der Waals surface area contributed by atoms with Gasteiger partial charge in [-0.2, -0.15) is 0 Å². The van der Waals surface area contributed by atoms with Crippen molar-refractivity contribution in [3.63, 3.8) is 0 Å². The van der Waals surface area contributed by atoms with Gasteiger partial charge in [-0.05, 0) is 83.9 Å². The number of hydrogen-bond acceptors (Lipinski definition) is 1. The van der Waals surface area contributed by atoms with Crippen LogP contribution in [0, 0.1) is 5.92 Å². The van der Waals surface area contributed by atoms with Crippen molar-refractivity contribution >= 4 is 0 Å². The molecule has 4 aliphatic carbocycles. The standard InChI is InChI=1S/C24H26O/c1-13-11-18-19(13)17-10-14(2)20(17)22-21(18)23(4,24(22)12-15(24)3)25-16-8-6-5-7-9-16/h5-9,13-15H,10-12H2,1-4H3. The largest absolute Gasteiger partial charge is 0.482 e. The maximum absolute atomic E-state index is 6.77. The maximum atomic E-state index is 6.77. The van der Waals surface area contributed by atoms with E-state index in [1.807, 2.05) is 0 Å². The van der Waals surface area contributed by atoms with E-state index >= 15 is 0 Å². The molecule has 1 nitrogen and oxygen atoms in total. The number of benzene rings is 2. The zero-order valence-corrected chi connectivity index (χ0v) is 15.6. The van der Waals surface area contributed by atoms with Crippen LogP contribution in [0.5, 0.6) is 5.75 Å². The van der Waals surface area contributed by atoms with Crippen molar-refractivity contribution in [1.82, 2.24) is 0 Å². The SMILES string of the molecule is CC1Cc2c1c1c(c3c2C(C)(Oc2ccccc2)C32CC2C)C(C)C1. The van der Waals surface area contributed by atoms with Crippen LogP contribution in [0.2, 0.25) is 0 Å². The smallest absolute Gasteiger partial charge is 0.142 e. The highest BCUT2D eigenvalue weighted by atomic mass is 16.5. The Bertz CT molecular complexity index is 927. The number of fused-ring (bicyclic) bond motifs is 7. The highest BCUT2D eigenvalue weighted by Crippen LogP contribution is 2.77. The molecule has 0 saturated heterocycles. The summed E-state index contributed by atoms with van der Waals surface area (Å²) in [5.41, 5.74) is 10.2. The first kappa shape index (κ1) is 14.4. The first-order valence-electron chi connectivity index (χ1n) is 9.95. The van der Waals surface area contributed by atoms with E-state index in [4.69, 9.17) is 4.74 Å². The molecule has 25 heavy (non-hydrogen) atoms. The van der Waals surface area contributed by atoms with Crippen LogP contribution in [0.4, 0.5) is 0 Å².